The number of aliphatic hydroxyl groups excluding tert-OH is 1. The average Bonchev–Trinajstić information content (AvgIpc) is 2.99. The Morgan fingerprint density at radius 3 is 2.78 bits per heavy atom. The van der Waals surface area contributed by atoms with E-state index in [1.165, 1.54) is 24.6 Å². The summed E-state index contributed by atoms with van der Waals surface area (Å²) in [6.45, 7) is 2.79. The summed E-state index contributed by atoms with van der Waals surface area (Å²) in [5.74, 6) is -3.40. The van der Waals surface area contributed by atoms with Crippen molar-refractivity contribution in [2.24, 2.45) is 0 Å². The van der Waals surface area contributed by atoms with Gasteiger partial charge < -0.3 is 10.0 Å². The van der Waals surface area contributed by atoms with Crippen LogP contribution in [0.3, 0.4) is 0 Å². The Kier molecular flexibility index (Phi) is 8.24. The zero-order chi connectivity index (χ0) is 19.9. The van der Waals surface area contributed by atoms with Gasteiger partial charge in [-0.15, -0.1) is 0 Å². The van der Waals surface area contributed by atoms with Crippen LogP contribution in [0.2, 0.25) is 5.02 Å². The molecule has 0 bridgehead atoms. The summed E-state index contributed by atoms with van der Waals surface area (Å²) in [5.41, 5.74) is -0.331. The Morgan fingerprint density at radius 2 is 2.07 bits per heavy atom. The highest BCUT2D eigenvalue weighted by molar-refractivity contribution is 6.30. The van der Waals surface area contributed by atoms with Gasteiger partial charge in [-0.25, -0.2) is 0 Å². The molecule has 2 rings (SSSR count). The first-order valence-corrected chi connectivity index (χ1v) is 10.0. The Morgan fingerprint density at radius 1 is 1.33 bits per heavy atom. The van der Waals surface area contributed by atoms with Gasteiger partial charge >= 0.3 is 5.92 Å². The van der Waals surface area contributed by atoms with E-state index < -0.39 is 12.0 Å². The quantitative estimate of drug-likeness (QED) is 0.428. The maximum Gasteiger partial charge on any atom is 0.302 e. The second kappa shape index (κ2) is 10.2. The first kappa shape index (κ1) is 21.8. The molecule has 27 heavy (non-hydrogen) atoms. The zero-order valence-electron chi connectivity index (χ0n) is 15.7. The number of likely N-dealkylation sites (tertiary alicyclic amines) is 1. The molecule has 0 aromatic heterocycles. The summed E-state index contributed by atoms with van der Waals surface area (Å²) in [6, 6.07) is 5.10. The minimum atomic E-state index is -3.45. The maximum atomic E-state index is 14.5. The highest BCUT2D eigenvalue weighted by Gasteiger charge is 2.39. The Balaban J connectivity index is 1.96. The van der Waals surface area contributed by atoms with Crippen molar-refractivity contribution in [2.45, 2.75) is 69.9 Å². The first-order chi connectivity index (χ1) is 12.9. The van der Waals surface area contributed by atoms with E-state index >= 15 is 0 Å². The number of aliphatic hydroxyl groups is 1. The smallest absolute Gasteiger partial charge is 0.302 e. The summed E-state index contributed by atoms with van der Waals surface area (Å²) in [6.07, 6.45) is 7.15. The fourth-order valence-corrected chi connectivity index (χ4v) is 3.54. The van der Waals surface area contributed by atoms with Crippen molar-refractivity contribution >= 4 is 17.5 Å². The summed E-state index contributed by atoms with van der Waals surface area (Å²) in [5, 5.41) is 10.2. The second-order valence-corrected chi connectivity index (χ2v) is 7.51. The fourth-order valence-electron chi connectivity index (χ4n) is 3.35. The highest BCUT2D eigenvalue weighted by atomic mass is 35.5. The molecule has 0 radical (unpaired) electrons. The lowest BCUT2D eigenvalue weighted by molar-refractivity contribution is -0.128. The van der Waals surface area contributed by atoms with Crippen LogP contribution in [0, 0.1) is 0 Å². The predicted octanol–water partition coefficient (Wildman–Crippen LogP) is 5.31. The van der Waals surface area contributed by atoms with Gasteiger partial charge in [0.2, 0.25) is 5.91 Å². The van der Waals surface area contributed by atoms with Crippen molar-refractivity contribution < 1.29 is 18.7 Å². The van der Waals surface area contributed by atoms with Crippen LogP contribution in [-0.2, 0) is 10.7 Å². The lowest BCUT2D eigenvalue weighted by Crippen LogP contribution is -2.34. The number of hydrogen-bond acceptors (Lipinski definition) is 2. The standard InChI is InChI=1S/C21H28ClF2NO2/c1-2-3-4-5-6-14-25-18(11-13-20(25)27)10-12-19(26)21(23,24)16-8-7-9-17(22)15-16/h7-10,12,15,18-19,26H,2-6,11,13-14H2,1H3/b12-10+/t18-,19+/m0/s1. The van der Waals surface area contributed by atoms with Gasteiger partial charge in [-0.1, -0.05) is 68.5 Å². The zero-order valence-corrected chi connectivity index (χ0v) is 16.5. The number of carbonyl (C=O) groups is 1. The lowest BCUT2D eigenvalue weighted by Gasteiger charge is -2.24. The van der Waals surface area contributed by atoms with E-state index in [9.17, 15) is 18.7 Å². The molecule has 1 aromatic carbocycles. The number of nitrogens with zero attached hydrogens (tertiary/aromatic N) is 1. The average molecular weight is 400 g/mol. The first-order valence-electron chi connectivity index (χ1n) is 9.66. The molecule has 0 spiro atoms. The van der Waals surface area contributed by atoms with E-state index in [1.54, 1.807) is 11.0 Å². The van der Waals surface area contributed by atoms with Gasteiger partial charge in [0.15, 0.2) is 0 Å². The third-order valence-electron chi connectivity index (χ3n) is 4.97. The molecule has 0 unspecified atom stereocenters. The van der Waals surface area contributed by atoms with Gasteiger partial charge in [0.05, 0.1) is 6.04 Å². The molecule has 1 aliphatic heterocycles. The molecule has 0 aliphatic carbocycles. The minimum absolute atomic E-state index is 0.0521. The summed E-state index contributed by atoms with van der Waals surface area (Å²) in [4.78, 5) is 13.8. The van der Waals surface area contributed by atoms with Gasteiger partial charge in [0.25, 0.3) is 0 Å². The van der Waals surface area contributed by atoms with Crippen molar-refractivity contribution in [2.75, 3.05) is 6.54 Å². The Labute approximate surface area is 165 Å². The molecule has 1 aromatic rings. The molecule has 150 valence electrons. The molecular formula is C21H28ClF2NO2. The molecule has 0 saturated carbocycles. The minimum Gasteiger partial charge on any atom is -0.382 e. The van der Waals surface area contributed by atoms with Crippen LogP contribution in [0.25, 0.3) is 0 Å². The molecular weight excluding hydrogens is 372 g/mol. The van der Waals surface area contributed by atoms with E-state index in [4.69, 9.17) is 11.6 Å². The summed E-state index contributed by atoms with van der Waals surface area (Å²) in [7, 11) is 0. The number of hydrogen-bond donors (Lipinski definition) is 1. The number of halogens is 3. The SMILES string of the molecule is CCCCCCCN1C(=O)CC[C@@H]1/C=C/[C@@H](O)C(F)(F)c1cccc(Cl)c1. The Bertz CT molecular complexity index is 651. The van der Waals surface area contributed by atoms with Gasteiger partial charge in [-0.05, 0) is 25.0 Å². The van der Waals surface area contributed by atoms with E-state index in [2.05, 4.69) is 6.92 Å². The molecule has 1 fully saturated rings. The van der Waals surface area contributed by atoms with Crippen LogP contribution in [0.4, 0.5) is 8.78 Å². The third kappa shape index (κ3) is 6.01. The number of carbonyl (C=O) groups excluding carboxylic acids is 1. The van der Waals surface area contributed by atoms with Crippen molar-refractivity contribution in [1.82, 2.24) is 4.90 Å². The van der Waals surface area contributed by atoms with Crippen molar-refractivity contribution in [3.8, 4) is 0 Å². The van der Waals surface area contributed by atoms with Gasteiger partial charge in [-0.2, -0.15) is 8.78 Å². The van der Waals surface area contributed by atoms with Gasteiger partial charge in [0.1, 0.15) is 6.10 Å². The van der Waals surface area contributed by atoms with Crippen LogP contribution in [-0.4, -0.2) is 34.6 Å². The second-order valence-electron chi connectivity index (χ2n) is 7.07. The van der Waals surface area contributed by atoms with Crippen LogP contribution < -0.4 is 0 Å². The van der Waals surface area contributed by atoms with Gasteiger partial charge in [0, 0.05) is 23.6 Å². The maximum absolute atomic E-state index is 14.5. The van der Waals surface area contributed by atoms with Crippen molar-refractivity contribution in [3.05, 3.63) is 47.0 Å². The molecule has 1 aliphatic rings. The van der Waals surface area contributed by atoms with Crippen molar-refractivity contribution in [3.63, 3.8) is 0 Å². The van der Waals surface area contributed by atoms with Crippen LogP contribution in [0.1, 0.15) is 57.4 Å². The molecule has 6 heteroatoms. The van der Waals surface area contributed by atoms with Crippen molar-refractivity contribution in [1.29, 1.82) is 0 Å². The number of unbranched alkanes of at least 4 members (excludes halogenated alkanes) is 4. The molecule has 2 atom stereocenters. The fraction of sp³-hybridized carbons (Fsp3) is 0.571. The monoisotopic (exact) mass is 399 g/mol. The summed E-state index contributed by atoms with van der Waals surface area (Å²) < 4.78 is 28.9. The van der Waals surface area contributed by atoms with E-state index in [-0.39, 0.29) is 22.5 Å². The van der Waals surface area contributed by atoms with E-state index in [0.717, 1.165) is 37.8 Å². The Hall–Kier alpha value is -1.46. The van der Waals surface area contributed by atoms with Gasteiger partial charge in [-0.3, -0.25) is 4.79 Å². The highest BCUT2D eigenvalue weighted by Crippen LogP contribution is 2.34. The molecule has 1 heterocycles. The summed E-state index contributed by atoms with van der Waals surface area (Å²) >= 11 is 5.77. The third-order valence-corrected chi connectivity index (χ3v) is 5.21. The molecule has 1 saturated heterocycles. The molecule has 3 nitrogen and oxygen atoms in total. The number of amides is 1. The lowest BCUT2D eigenvalue weighted by atomic mass is 10.0. The molecule has 1 N–H and O–H groups in total. The number of benzene rings is 1. The van der Waals surface area contributed by atoms with E-state index in [1.807, 2.05) is 0 Å². The van der Waals surface area contributed by atoms with Crippen LogP contribution in [0.5, 0.6) is 0 Å². The normalized spacial score (nSPS) is 19.2. The predicted molar refractivity (Wildman–Crippen MR) is 104 cm³/mol. The number of rotatable bonds is 10. The van der Waals surface area contributed by atoms with Crippen LogP contribution in [0.15, 0.2) is 36.4 Å². The topological polar surface area (TPSA) is 40.5 Å². The molecule has 1 amide bonds. The van der Waals surface area contributed by atoms with Crippen LogP contribution >= 0.6 is 11.6 Å². The number of alkyl halides is 2. The largest absolute Gasteiger partial charge is 0.382 e. The van der Waals surface area contributed by atoms with E-state index in [0.29, 0.717) is 19.4 Å².